The molecule has 1 unspecified atom stereocenters. The maximum Gasteiger partial charge on any atom is 0.311 e. The van der Waals surface area contributed by atoms with Crippen LogP contribution in [-0.2, 0) is 21.0 Å². The van der Waals surface area contributed by atoms with Crippen molar-refractivity contribution in [2.24, 2.45) is 0 Å². The molecule has 1 aromatic heterocycles. The van der Waals surface area contributed by atoms with E-state index in [0.29, 0.717) is 23.1 Å². The van der Waals surface area contributed by atoms with Crippen LogP contribution >= 0.6 is 11.6 Å². The predicted octanol–water partition coefficient (Wildman–Crippen LogP) is 3.56. The Bertz CT molecular complexity index is 856. The quantitative estimate of drug-likeness (QED) is 0.307. The van der Waals surface area contributed by atoms with Gasteiger partial charge in [-0.15, -0.1) is 10.1 Å². The van der Waals surface area contributed by atoms with E-state index in [1.165, 1.54) is 0 Å². The molecule has 142 valence electrons. The van der Waals surface area contributed by atoms with E-state index >= 15 is 0 Å². The fraction of sp³-hybridized carbons (Fsp3) is 0.333. The van der Waals surface area contributed by atoms with Gasteiger partial charge in [0.05, 0.1) is 18.9 Å². The van der Waals surface area contributed by atoms with Crippen molar-refractivity contribution in [1.82, 2.24) is 4.98 Å². The summed E-state index contributed by atoms with van der Waals surface area (Å²) in [5.41, 5.74) is 3.11. The fourth-order valence-electron chi connectivity index (χ4n) is 2.85. The first kappa shape index (κ1) is 19.1. The zero-order valence-corrected chi connectivity index (χ0v) is 15.3. The molecule has 1 atom stereocenters. The number of fused-ring (bicyclic) bond motifs is 1. The average molecular weight is 393 g/mol. The summed E-state index contributed by atoms with van der Waals surface area (Å²) < 4.78 is 11.4. The molecule has 0 radical (unpaired) electrons. The lowest BCUT2D eigenvalue weighted by atomic mass is 10.0. The first-order chi connectivity index (χ1) is 13.0. The lowest BCUT2D eigenvalue weighted by Gasteiger charge is -2.13. The van der Waals surface area contributed by atoms with Gasteiger partial charge >= 0.3 is 5.97 Å². The first-order valence-electron chi connectivity index (χ1n) is 8.29. The number of nitrogens with zero attached hydrogens (tertiary/aromatic N) is 2. The van der Waals surface area contributed by atoms with Crippen LogP contribution in [0.1, 0.15) is 41.3 Å². The van der Waals surface area contributed by atoms with Crippen LogP contribution < -0.4 is 4.74 Å². The van der Waals surface area contributed by atoms with Gasteiger partial charge in [-0.1, -0.05) is 23.7 Å². The summed E-state index contributed by atoms with van der Waals surface area (Å²) in [7, 11) is 0. The number of benzene rings is 1. The molecule has 1 aliphatic rings. The molecule has 2 heterocycles. The zero-order chi connectivity index (χ0) is 19.4. The first-order valence-corrected chi connectivity index (χ1v) is 8.67. The summed E-state index contributed by atoms with van der Waals surface area (Å²) in [4.78, 5) is 30.7. The summed E-state index contributed by atoms with van der Waals surface area (Å²) in [6.07, 6.45) is 1.60. The number of aryl methyl sites for hydroxylation is 1. The van der Waals surface area contributed by atoms with Gasteiger partial charge < -0.3 is 14.3 Å². The Kier molecular flexibility index (Phi) is 5.88. The van der Waals surface area contributed by atoms with Crippen molar-refractivity contribution in [1.29, 1.82) is 0 Å². The van der Waals surface area contributed by atoms with Crippen molar-refractivity contribution in [2.45, 2.75) is 32.5 Å². The Morgan fingerprint density at radius 2 is 2.15 bits per heavy atom. The Morgan fingerprint density at radius 3 is 2.85 bits per heavy atom. The second kappa shape index (κ2) is 8.32. The molecule has 1 aromatic carbocycles. The lowest BCUT2D eigenvalue weighted by Crippen LogP contribution is -2.13. The van der Waals surface area contributed by atoms with E-state index in [1.54, 1.807) is 25.3 Å². The fourth-order valence-corrected chi connectivity index (χ4v) is 2.98. The van der Waals surface area contributed by atoms with Crippen molar-refractivity contribution in [3.05, 3.63) is 68.0 Å². The van der Waals surface area contributed by atoms with Crippen molar-refractivity contribution >= 4 is 17.6 Å². The number of hydrogen-bond acceptors (Lipinski definition) is 7. The van der Waals surface area contributed by atoms with E-state index in [0.717, 1.165) is 16.7 Å². The Balaban J connectivity index is 1.73. The number of halogens is 1. The molecule has 1 aliphatic heterocycles. The minimum absolute atomic E-state index is 0.00157. The van der Waals surface area contributed by atoms with Gasteiger partial charge in [0.1, 0.15) is 6.10 Å². The van der Waals surface area contributed by atoms with Gasteiger partial charge in [-0.3, -0.25) is 9.78 Å². The molecule has 0 N–H and O–H groups in total. The second-order valence-corrected chi connectivity index (χ2v) is 6.42. The maximum atomic E-state index is 12.1. The minimum Gasteiger partial charge on any atom is -0.424 e. The highest BCUT2D eigenvalue weighted by Gasteiger charge is 2.30. The Morgan fingerprint density at radius 1 is 1.41 bits per heavy atom. The van der Waals surface area contributed by atoms with Gasteiger partial charge in [-0.25, -0.2) is 0 Å². The van der Waals surface area contributed by atoms with Gasteiger partial charge in [-0.05, 0) is 31.0 Å². The van der Waals surface area contributed by atoms with Crippen LogP contribution in [0.5, 0.6) is 5.75 Å². The predicted molar refractivity (Wildman–Crippen MR) is 94.9 cm³/mol. The molecule has 0 amide bonds. The Hall–Kier alpha value is -2.71. The smallest absolute Gasteiger partial charge is 0.311 e. The van der Waals surface area contributed by atoms with E-state index in [-0.39, 0.29) is 25.6 Å². The van der Waals surface area contributed by atoms with E-state index in [4.69, 9.17) is 21.1 Å². The number of rotatable bonds is 7. The normalized spacial score (nSPS) is 15.3. The Labute approximate surface area is 160 Å². The van der Waals surface area contributed by atoms with Gasteiger partial charge in [-0.2, -0.15) is 0 Å². The summed E-state index contributed by atoms with van der Waals surface area (Å²) in [6, 6.07) is 7.33. The molecule has 0 bridgehead atoms. The number of esters is 1. The molecular formula is C18H17ClN2O6. The molecule has 0 saturated heterocycles. The number of carbonyl (C=O) groups excluding carboxylic acids is 1. The number of pyridine rings is 1. The van der Waals surface area contributed by atoms with Crippen molar-refractivity contribution < 1.29 is 24.2 Å². The van der Waals surface area contributed by atoms with Crippen LogP contribution in [0.3, 0.4) is 0 Å². The molecule has 27 heavy (non-hydrogen) atoms. The second-order valence-electron chi connectivity index (χ2n) is 5.98. The van der Waals surface area contributed by atoms with Gasteiger partial charge in [0, 0.05) is 28.8 Å². The largest absolute Gasteiger partial charge is 0.424 e. The van der Waals surface area contributed by atoms with Crippen LogP contribution in [0.25, 0.3) is 0 Å². The molecule has 0 aliphatic carbocycles. The molecule has 0 spiro atoms. The molecule has 3 rings (SSSR count). The SMILES string of the molecule is Cc1ncc2c(c1OC(=O)CCCO[N+](=O)[O-])COC2c1ccc(Cl)cc1. The molecule has 2 aromatic rings. The average Bonchev–Trinajstić information content (AvgIpc) is 3.06. The summed E-state index contributed by atoms with van der Waals surface area (Å²) in [5, 5.41) is 9.85. The molecule has 0 saturated carbocycles. The van der Waals surface area contributed by atoms with Gasteiger partial charge in [0.25, 0.3) is 5.09 Å². The summed E-state index contributed by atoms with van der Waals surface area (Å²) in [6.45, 7) is 1.88. The van der Waals surface area contributed by atoms with Crippen molar-refractivity contribution in [2.75, 3.05) is 6.61 Å². The van der Waals surface area contributed by atoms with E-state index in [1.807, 2.05) is 12.1 Å². The zero-order valence-electron chi connectivity index (χ0n) is 14.5. The standard InChI is InChI=1S/C18H17ClN2O6/c1-11-17(27-16(22)3-2-8-26-21(23)24)15-10-25-18(14(15)9-20-11)12-4-6-13(19)7-5-12/h4-7,9,18H,2-3,8,10H2,1H3. The number of hydrogen-bond donors (Lipinski definition) is 0. The number of carbonyl (C=O) groups is 1. The van der Waals surface area contributed by atoms with Crippen molar-refractivity contribution in [3.8, 4) is 5.75 Å². The highest BCUT2D eigenvalue weighted by molar-refractivity contribution is 6.30. The third kappa shape index (κ3) is 4.53. The highest BCUT2D eigenvalue weighted by atomic mass is 35.5. The topological polar surface area (TPSA) is 101 Å². The minimum atomic E-state index is -0.891. The van der Waals surface area contributed by atoms with Crippen LogP contribution in [-0.4, -0.2) is 22.6 Å². The molecule has 0 fully saturated rings. The molecule has 9 heteroatoms. The van der Waals surface area contributed by atoms with Crippen molar-refractivity contribution in [3.63, 3.8) is 0 Å². The third-order valence-corrected chi connectivity index (χ3v) is 4.39. The van der Waals surface area contributed by atoms with E-state index in [9.17, 15) is 14.9 Å². The van der Waals surface area contributed by atoms with Crippen LogP contribution in [0, 0.1) is 17.0 Å². The van der Waals surface area contributed by atoms with Gasteiger partial charge in [0.2, 0.25) is 0 Å². The lowest BCUT2D eigenvalue weighted by molar-refractivity contribution is -0.757. The van der Waals surface area contributed by atoms with Gasteiger partial charge in [0.15, 0.2) is 5.75 Å². The number of aromatic nitrogens is 1. The monoisotopic (exact) mass is 392 g/mol. The van der Waals surface area contributed by atoms with Crippen LogP contribution in [0.4, 0.5) is 0 Å². The molecular weight excluding hydrogens is 376 g/mol. The van der Waals surface area contributed by atoms with E-state index < -0.39 is 11.1 Å². The van der Waals surface area contributed by atoms with Crippen LogP contribution in [0.15, 0.2) is 30.5 Å². The summed E-state index contributed by atoms with van der Waals surface area (Å²) in [5.74, 6) is -0.126. The summed E-state index contributed by atoms with van der Waals surface area (Å²) >= 11 is 5.93. The van der Waals surface area contributed by atoms with E-state index in [2.05, 4.69) is 9.82 Å². The molecule has 8 nitrogen and oxygen atoms in total. The third-order valence-electron chi connectivity index (χ3n) is 4.14. The number of ether oxygens (including phenoxy) is 2. The van der Waals surface area contributed by atoms with Crippen LogP contribution in [0.2, 0.25) is 5.02 Å². The maximum absolute atomic E-state index is 12.1. The highest BCUT2D eigenvalue weighted by Crippen LogP contribution is 2.41.